The summed E-state index contributed by atoms with van der Waals surface area (Å²) in [7, 11) is 0. The Morgan fingerprint density at radius 1 is 1.00 bits per heavy atom. The Hall–Kier alpha value is -1.51. The summed E-state index contributed by atoms with van der Waals surface area (Å²) in [4.78, 5) is 11.5. The fourth-order valence-electron chi connectivity index (χ4n) is 2.47. The van der Waals surface area contributed by atoms with Gasteiger partial charge in [-0.25, -0.2) is 0 Å². The molecule has 0 saturated carbocycles. The number of hydrogen-bond donors (Lipinski definition) is 2. The lowest BCUT2D eigenvalue weighted by Crippen LogP contribution is -2.24. The molecule has 0 aliphatic carbocycles. The van der Waals surface area contributed by atoms with Crippen LogP contribution >= 0.6 is 0 Å². The normalized spacial score (nSPS) is 14.2. The van der Waals surface area contributed by atoms with Crippen LogP contribution in [0.3, 0.4) is 0 Å². The summed E-state index contributed by atoms with van der Waals surface area (Å²) in [6.45, 7) is 13.9. The molecule has 0 bridgehead atoms. The highest BCUT2D eigenvalue weighted by molar-refractivity contribution is 5.77. The van der Waals surface area contributed by atoms with E-state index in [1.165, 1.54) is 0 Å². The van der Waals surface area contributed by atoms with Gasteiger partial charge in [0.25, 0.3) is 0 Å². The summed E-state index contributed by atoms with van der Waals surface area (Å²) >= 11 is 0. The predicted molar refractivity (Wildman–Crippen MR) is 81.6 cm³/mol. The van der Waals surface area contributed by atoms with Crippen molar-refractivity contribution in [1.82, 2.24) is 0 Å². The first-order valence-corrected chi connectivity index (χ1v) is 6.96. The van der Waals surface area contributed by atoms with Gasteiger partial charge in [-0.2, -0.15) is 0 Å². The van der Waals surface area contributed by atoms with Gasteiger partial charge in [0, 0.05) is 0 Å². The molecule has 0 amide bonds. The van der Waals surface area contributed by atoms with Crippen molar-refractivity contribution in [3.05, 3.63) is 28.8 Å². The molecule has 20 heavy (non-hydrogen) atoms. The van der Waals surface area contributed by atoms with Gasteiger partial charge in [0.1, 0.15) is 5.75 Å². The molecule has 0 spiro atoms. The molecule has 3 heteroatoms. The van der Waals surface area contributed by atoms with Crippen LogP contribution in [0, 0.1) is 0 Å². The Morgan fingerprint density at radius 2 is 1.35 bits per heavy atom. The molecule has 1 rings (SSSR count). The minimum atomic E-state index is -0.841. The highest BCUT2D eigenvalue weighted by atomic mass is 16.4. The van der Waals surface area contributed by atoms with Crippen molar-refractivity contribution in [2.45, 2.75) is 65.2 Å². The Kier molecular flexibility index (Phi) is 4.23. The first kappa shape index (κ1) is 16.5. The van der Waals surface area contributed by atoms with Gasteiger partial charge >= 0.3 is 5.97 Å². The number of aromatic hydroxyl groups is 1. The quantitative estimate of drug-likeness (QED) is 0.853. The first-order valence-electron chi connectivity index (χ1n) is 6.96. The number of carboxylic acid groups (broad SMARTS) is 1. The van der Waals surface area contributed by atoms with E-state index in [4.69, 9.17) is 0 Å². The highest BCUT2D eigenvalue weighted by Crippen LogP contribution is 2.40. The number of phenolic OH excluding ortho intramolecular Hbond substituents is 1. The number of rotatable bonds is 2. The minimum Gasteiger partial charge on any atom is -0.508 e. The van der Waals surface area contributed by atoms with Crippen molar-refractivity contribution in [1.29, 1.82) is 0 Å². The Bertz CT molecular complexity index is 481. The van der Waals surface area contributed by atoms with Crippen molar-refractivity contribution in [3.63, 3.8) is 0 Å². The fraction of sp³-hybridized carbons (Fsp3) is 0.588. The van der Waals surface area contributed by atoms with Crippen molar-refractivity contribution in [2.24, 2.45) is 0 Å². The van der Waals surface area contributed by atoms with E-state index in [-0.39, 0.29) is 16.6 Å². The second-order valence-electron chi connectivity index (χ2n) is 7.51. The van der Waals surface area contributed by atoms with Gasteiger partial charge in [0.15, 0.2) is 0 Å². The van der Waals surface area contributed by atoms with Crippen LogP contribution in [0.15, 0.2) is 12.1 Å². The number of carbonyl (C=O) groups is 1. The maximum absolute atomic E-state index is 11.5. The van der Waals surface area contributed by atoms with Gasteiger partial charge in [-0.15, -0.1) is 0 Å². The molecule has 2 N–H and O–H groups in total. The van der Waals surface area contributed by atoms with Gasteiger partial charge in [-0.3, -0.25) is 4.79 Å². The van der Waals surface area contributed by atoms with E-state index in [0.717, 1.165) is 16.7 Å². The number of benzene rings is 1. The molecule has 1 atom stereocenters. The molecule has 0 aliphatic rings. The zero-order chi connectivity index (χ0) is 15.9. The van der Waals surface area contributed by atoms with Gasteiger partial charge in [-0.1, -0.05) is 41.5 Å². The number of hydrogen-bond acceptors (Lipinski definition) is 2. The maximum atomic E-state index is 11.5. The third-order valence-electron chi connectivity index (χ3n) is 3.58. The second kappa shape index (κ2) is 5.12. The predicted octanol–water partition coefficient (Wildman–Crippen LogP) is 4.18. The molecule has 0 saturated heterocycles. The molecule has 3 nitrogen and oxygen atoms in total. The third kappa shape index (κ3) is 3.33. The van der Waals surface area contributed by atoms with Crippen LogP contribution in [0.1, 0.15) is 71.1 Å². The monoisotopic (exact) mass is 278 g/mol. The van der Waals surface area contributed by atoms with Crippen molar-refractivity contribution in [3.8, 4) is 5.75 Å². The van der Waals surface area contributed by atoms with Gasteiger partial charge in [0.05, 0.1) is 5.92 Å². The van der Waals surface area contributed by atoms with Crippen LogP contribution in [0.25, 0.3) is 0 Å². The summed E-state index contributed by atoms with van der Waals surface area (Å²) in [5.74, 6) is -1.24. The smallest absolute Gasteiger partial charge is 0.310 e. The number of carboxylic acids is 1. The molecular weight excluding hydrogens is 252 g/mol. The van der Waals surface area contributed by atoms with E-state index in [1.807, 2.05) is 41.5 Å². The van der Waals surface area contributed by atoms with E-state index in [1.54, 1.807) is 19.1 Å². The lowest BCUT2D eigenvalue weighted by molar-refractivity contribution is -0.138. The van der Waals surface area contributed by atoms with Crippen LogP contribution in [0.5, 0.6) is 5.75 Å². The summed E-state index contributed by atoms with van der Waals surface area (Å²) in [5.41, 5.74) is 2.18. The van der Waals surface area contributed by atoms with Gasteiger partial charge < -0.3 is 10.2 Å². The van der Waals surface area contributed by atoms with E-state index in [0.29, 0.717) is 0 Å². The molecule has 0 aliphatic heterocycles. The number of aliphatic carboxylic acids is 1. The molecule has 1 unspecified atom stereocenters. The van der Waals surface area contributed by atoms with E-state index in [9.17, 15) is 15.0 Å². The van der Waals surface area contributed by atoms with Crippen molar-refractivity contribution < 1.29 is 15.0 Å². The maximum Gasteiger partial charge on any atom is 0.310 e. The first-order chi connectivity index (χ1) is 8.85. The SMILES string of the molecule is CC(C(=O)O)c1c(C(C)(C)C)cc(O)cc1C(C)(C)C. The topological polar surface area (TPSA) is 57.5 Å². The zero-order valence-electron chi connectivity index (χ0n) is 13.5. The third-order valence-corrected chi connectivity index (χ3v) is 3.58. The van der Waals surface area contributed by atoms with E-state index < -0.39 is 11.9 Å². The Morgan fingerprint density at radius 3 is 1.60 bits per heavy atom. The molecule has 0 radical (unpaired) electrons. The van der Waals surface area contributed by atoms with Crippen LogP contribution in [-0.4, -0.2) is 16.2 Å². The summed E-state index contributed by atoms with van der Waals surface area (Å²) < 4.78 is 0. The van der Waals surface area contributed by atoms with Crippen LogP contribution in [-0.2, 0) is 15.6 Å². The average Bonchev–Trinajstić information content (AvgIpc) is 2.24. The summed E-state index contributed by atoms with van der Waals surface area (Å²) in [5, 5.41) is 19.4. The molecule has 1 aromatic rings. The number of phenols is 1. The van der Waals surface area contributed by atoms with E-state index >= 15 is 0 Å². The Balaban J connectivity index is 3.77. The largest absolute Gasteiger partial charge is 0.508 e. The van der Waals surface area contributed by atoms with Gasteiger partial charge in [0.2, 0.25) is 0 Å². The van der Waals surface area contributed by atoms with Crippen molar-refractivity contribution >= 4 is 5.97 Å². The van der Waals surface area contributed by atoms with Crippen LogP contribution in [0.2, 0.25) is 0 Å². The van der Waals surface area contributed by atoms with Gasteiger partial charge in [-0.05, 0) is 46.6 Å². The fourth-order valence-corrected chi connectivity index (χ4v) is 2.47. The standard InChI is InChI=1S/C17H26O3/c1-10(15(19)20)14-12(16(2,3)4)8-11(18)9-13(14)17(5,6)7/h8-10,18H,1-7H3,(H,19,20). The molecule has 0 aromatic heterocycles. The molecule has 0 heterocycles. The molecule has 112 valence electrons. The lowest BCUT2D eigenvalue weighted by atomic mass is 9.73. The van der Waals surface area contributed by atoms with E-state index in [2.05, 4.69) is 0 Å². The lowest BCUT2D eigenvalue weighted by Gasteiger charge is -2.32. The zero-order valence-corrected chi connectivity index (χ0v) is 13.5. The second-order valence-corrected chi connectivity index (χ2v) is 7.51. The average molecular weight is 278 g/mol. The van der Waals surface area contributed by atoms with Crippen molar-refractivity contribution in [2.75, 3.05) is 0 Å². The minimum absolute atomic E-state index is 0.196. The summed E-state index contributed by atoms with van der Waals surface area (Å²) in [6, 6.07) is 3.40. The molecule has 0 fully saturated rings. The summed E-state index contributed by atoms with van der Waals surface area (Å²) in [6.07, 6.45) is 0. The van der Waals surface area contributed by atoms with Crippen LogP contribution < -0.4 is 0 Å². The van der Waals surface area contributed by atoms with Crippen LogP contribution in [0.4, 0.5) is 0 Å². The Labute approximate surface area is 121 Å². The molecule has 1 aromatic carbocycles. The highest BCUT2D eigenvalue weighted by Gasteiger charge is 2.31. The molecular formula is C17H26O3.